The van der Waals surface area contributed by atoms with Gasteiger partial charge in [0.2, 0.25) is 5.95 Å². The summed E-state index contributed by atoms with van der Waals surface area (Å²) >= 11 is 0. The van der Waals surface area contributed by atoms with Crippen molar-refractivity contribution in [1.82, 2.24) is 24.8 Å². The molecule has 2 fully saturated rings. The van der Waals surface area contributed by atoms with Crippen LogP contribution < -0.4 is 20.4 Å². The van der Waals surface area contributed by atoms with E-state index in [9.17, 15) is 26.3 Å². The van der Waals surface area contributed by atoms with Crippen LogP contribution in [0.4, 0.5) is 43.9 Å². The second-order valence-corrected chi connectivity index (χ2v) is 12.1. The van der Waals surface area contributed by atoms with Gasteiger partial charge in [0.05, 0.1) is 22.5 Å². The van der Waals surface area contributed by atoms with Crippen molar-refractivity contribution in [2.45, 2.75) is 12.4 Å². The summed E-state index contributed by atoms with van der Waals surface area (Å²) in [6.07, 6.45) is -6.10. The third-order valence-electron chi connectivity index (χ3n) is 8.78. The van der Waals surface area contributed by atoms with Gasteiger partial charge in [0.25, 0.3) is 0 Å². The molecule has 5 aromatic rings. The molecule has 3 aromatic heterocycles. The van der Waals surface area contributed by atoms with Crippen molar-refractivity contribution in [2.24, 2.45) is 5.73 Å². The Morgan fingerprint density at radius 3 is 1.50 bits per heavy atom. The number of guanidine groups is 1. The standard InChI is InChI=1S/C25H22F3N5.C11H14F3N5/c26-25(27,28)20-12-7-13-29-23(20)32-14-16-33(17-15-32)24-30-21(18-8-3-1-4-9-18)22(31-24)19-10-5-2-6-11-19;12-11(13,14)8-2-1-3-17-9(8)18-4-6-19(7-5-18)10(15)16/h1-13H,14-17H2,(H,30,31);1-3H,4-7H2,(H3,15,16). The lowest BCUT2D eigenvalue weighted by molar-refractivity contribution is -0.138. The first-order chi connectivity index (χ1) is 24.9. The van der Waals surface area contributed by atoms with Crippen LogP contribution in [0.3, 0.4) is 0 Å². The van der Waals surface area contributed by atoms with E-state index in [0.717, 1.165) is 34.6 Å². The van der Waals surface area contributed by atoms with Crippen molar-refractivity contribution in [2.75, 3.05) is 67.1 Å². The first kappa shape index (κ1) is 36.0. The summed E-state index contributed by atoms with van der Waals surface area (Å²) in [5.74, 6) is 0.582. The number of aromatic nitrogens is 4. The summed E-state index contributed by atoms with van der Waals surface area (Å²) in [4.78, 5) is 23.2. The van der Waals surface area contributed by atoms with Gasteiger partial charge in [-0.3, -0.25) is 5.41 Å². The Morgan fingerprint density at radius 2 is 1.04 bits per heavy atom. The quantitative estimate of drug-likeness (QED) is 0.106. The van der Waals surface area contributed by atoms with E-state index in [0.29, 0.717) is 58.3 Å². The normalized spacial score (nSPS) is 15.3. The molecule has 52 heavy (non-hydrogen) atoms. The lowest BCUT2D eigenvalue weighted by atomic mass is 10.1. The minimum Gasteiger partial charge on any atom is -0.370 e. The molecule has 2 saturated heterocycles. The fourth-order valence-electron chi connectivity index (χ4n) is 6.16. The summed E-state index contributed by atoms with van der Waals surface area (Å²) in [5.41, 5.74) is 7.71. The van der Waals surface area contributed by atoms with Crippen LogP contribution in [-0.2, 0) is 12.4 Å². The summed E-state index contributed by atoms with van der Waals surface area (Å²) in [5, 5.41) is 7.29. The number of hydrogen-bond donors (Lipinski definition) is 3. The highest BCUT2D eigenvalue weighted by atomic mass is 19.4. The van der Waals surface area contributed by atoms with Crippen molar-refractivity contribution in [3.8, 4) is 22.5 Å². The number of nitrogens with zero attached hydrogens (tertiary/aromatic N) is 7. The average molecular weight is 723 g/mol. The van der Waals surface area contributed by atoms with E-state index >= 15 is 0 Å². The number of pyridine rings is 2. The second kappa shape index (κ2) is 15.2. The molecule has 16 heteroatoms. The van der Waals surface area contributed by atoms with E-state index in [1.807, 2.05) is 60.7 Å². The fourth-order valence-corrected chi connectivity index (χ4v) is 6.16. The SMILES string of the molecule is FC(F)(F)c1cccnc1N1CCN(c2nc(-c3ccccc3)c(-c3ccccc3)[nH]2)CC1.N=C(N)N1CCN(c2ncccc2C(F)(F)F)CC1. The second-order valence-electron chi connectivity index (χ2n) is 12.1. The van der Waals surface area contributed by atoms with Gasteiger partial charge in [-0.05, 0) is 24.3 Å². The van der Waals surface area contributed by atoms with E-state index in [1.54, 1.807) is 14.7 Å². The van der Waals surface area contributed by atoms with Crippen LogP contribution >= 0.6 is 0 Å². The lowest BCUT2D eigenvalue weighted by Gasteiger charge is -2.36. The number of benzene rings is 2. The van der Waals surface area contributed by atoms with Gasteiger partial charge in [-0.25, -0.2) is 15.0 Å². The molecule has 7 rings (SSSR count). The molecule has 0 amide bonds. The molecule has 0 saturated carbocycles. The van der Waals surface area contributed by atoms with Crippen LogP contribution in [0.15, 0.2) is 97.3 Å². The minimum absolute atomic E-state index is 0.0148. The van der Waals surface area contributed by atoms with Crippen LogP contribution in [0, 0.1) is 5.41 Å². The molecule has 0 bridgehead atoms. The number of imidazole rings is 1. The number of hydrogen-bond acceptors (Lipinski definition) is 7. The predicted octanol–water partition coefficient (Wildman–Crippen LogP) is 6.60. The summed E-state index contributed by atoms with van der Waals surface area (Å²) in [7, 11) is 0. The molecular weight excluding hydrogens is 686 g/mol. The molecular formula is C36H36F6N10. The third-order valence-corrected chi connectivity index (χ3v) is 8.78. The highest BCUT2D eigenvalue weighted by Crippen LogP contribution is 2.37. The molecule has 2 aliphatic rings. The Balaban J connectivity index is 0.000000208. The van der Waals surface area contributed by atoms with E-state index in [4.69, 9.17) is 16.1 Å². The summed E-state index contributed by atoms with van der Waals surface area (Å²) < 4.78 is 78.9. The number of nitrogens with one attached hydrogen (secondary N) is 2. The number of aromatic amines is 1. The van der Waals surface area contributed by atoms with Gasteiger partial charge in [0.15, 0.2) is 5.96 Å². The minimum atomic E-state index is -4.43. The molecule has 4 N–H and O–H groups in total. The number of nitrogens with two attached hydrogens (primary N) is 1. The Hall–Kier alpha value is -5.80. The van der Waals surface area contributed by atoms with Gasteiger partial charge in [-0.2, -0.15) is 26.3 Å². The predicted molar refractivity (Wildman–Crippen MR) is 188 cm³/mol. The first-order valence-electron chi connectivity index (χ1n) is 16.5. The van der Waals surface area contributed by atoms with E-state index in [1.165, 1.54) is 24.5 Å². The Bertz CT molecular complexity index is 1880. The van der Waals surface area contributed by atoms with Gasteiger partial charge < -0.3 is 30.3 Å². The van der Waals surface area contributed by atoms with Gasteiger partial charge in [0.1, 0.15) is 11.6 Å². The van der Waals surface area contributed by atoms with Crippen LogP contribution in [0.1, 0.15) is 11.1 Å². The summed E-state index contributed by atoms with van der Waals surface area (Å²) in [6, 6.07) is 24.6. The number of alkyl halides is 6. The van der Waals surface area contributed by atoms with Crippen molar-refractivity contribution in [3.63, 3.8) is 0 Å². The zero-order valence-corrected chi connectivity index (χ0v) is 27.9. The van der Waals surface area contributed by atoms with Crippen molar-refractivity contribution in [1.29, 1.82) is 5.41 Å². The van der Waals surface area contributed by atoms with Crippen molar-refractivity contribution < 1.29 is 26.3 Å². The van der Waals surface area contributed by atoms with Crippen molar-refractivity contribution >= 4 is 23.5 Å². The highest BCUT2D eigenvalue weighted by molar-refractivity contribution is 5.80. The number of rotatable bonds is 5. The topological polar surface area (TPSA) is 117 Å². The molecule has 0 atom stereocenters. The summed E-state index contributed by atoms with van der Waals surface area (Å²) in [6.45, 7) is 3.46. The maximum atomic E-state index is 13.4. The molecule has 0 spiro atoms. The fraction of sp³-hybridized carbons (Fsp3) is 0.278. The third kappa shape index (κ3) is 8.22. The molecule has 10 nitrogen and oxygen atoms in total. The Morgan fingerprint density at radius 1 is 0.596 bits per heavy atom. The van der Waals surface area contributed by atoms with Crippen LogP contribution in [0.5, 0.6) is 0 Å². The molecule has 5 heterocycles. The molecule has 0 aliphatic carbocycles. The van der Waals surface area contributed by atoms with Gasteiger partial charge in [0, 0.05) is 75.9 Å². The van der Waals surface area contributed by atoms with Gasteiger partial charge >= 0.3 is 12.4 Å². The number of piperazine rings is 2. The number of H-pyrrole nitrogens is 1. The van der Waals surface area contributed by atoms with Crippen LogP contribution in [0.2, 0.25) is 0 Å². The zero-order chi connectivity index (χ0) is 36.9. The lowest BCUT2D eigenvalue weighted by Crippen LogP contribution is -2.51. The Kier molecular flexibility index (Phi) is 10.5. The van der Waals surface area contributed by atoms with Crippen LogP contribution in [0.25, 0.3) is 22.5 Å². The van der Waals surface area contributed by atoms with Crippen LogP contribution in [-0.4, -0.2) is 83.2 Å². The maximum Gasteiger partial charge on any atom is 0.419 e. The molecule has 2 aromatic carbocycles. The highest BCUT2D eigenvalue weighted by Gasteiger charge is 2.37. The molecule has 272 valence electrons. The molecule has 2 aliphatic heterocycles. The Labute approximate surface area is 296 Å². The molecule has 0 radical (unpaired) electrons. The van der Waals surface area contributed by atoms with E-state index < -0.39 is 23.5 Å². The van der Waals surface area contributed by atoms with Gasteiger partial charge in [-0.15, -0.1) is 0 Å². The first-order valence-corrected chi connectivity index (χ1v) is 16.5. The van der Waals surface area contributed by atoms with E-state index in [2.05, 4.69) is 19.9 Å². The average Bonchev–Trinajstić information content (AvgIpc) is 3.61. The largest absolute Gasteiger partial charge is 0.419 e. The van der Waals surface area contributed by atoms with Crippen molar-refractivity contribution in [3.05, 3.63) is 108 Å². The van der Waals surface area contributed by atoms with Gasteiger partial charge in [-0.1, -0.05) is 60.7 Å². The van der Waals surface area contributed by atoms with E-state index in [-0.39, 0.29) is 17.6 Å². The molecule has 0 unspecified atom stereocenters. The monoisotopic (exact) mass is 722 g/mol. The zero-order valence-electron chi connectivity index (χ0n) is 27.9. The maximum absolute atomic E-state index is 13.4. The smallest absolute Gasteiger partial charge is 0.370 e. The number of halogens is 6. The number of anilines is 3.